The zero-order valence-electron chi connectivity index (χ0n) is 20.7. The Morgan fingerprint density at radius 3 is 2.49 bits per heavy atom. The number of pyridine rings is 2. The number of fused-ring (bicyclic) bond motifs is 1. The van der Waals surface area contributed by atoms with Crippen molar-refractivity contribution in [3.8, 4) is 0 Å². The first-order chi connectivity index (χ1) is 17.6. The van der Waals surface area contributed by atoms with Crippen molar-refractivity contribution >= 4 is 32.7 Å². The number of hydrogen-bond donors (Lipinski definition) is 1. The molecule has 3 heterocycles. The number of hydrogen-bond acceptors (Lipinski definition) is 6. The van der Waals surface area contributed by atoms with Gasteiger partial charge in [-0.1, -0.05) is 32.0 Å². The third-order valence-electron chi connectivity index (χ3n) is 7.05. The van der Waals surface area contributed by atoms with E-state index in [1.165, 1.54) is 34.6 Å². The molecule has 0 radical (unpaired) electrons. The Morgan fingerprint density at radius 2 is 1.84 bits per heavy atom. The third kappa shape index (κ3) is 4.37. The highest BCUT2D eigenvalue weighted by Crippen LogP contribution is 2.35. The van der Waals surface area contributed by atoms with Crippen LogP contribution in [0.1, 0.15) is 58.3 Å². The third-order valence-corrected chi connectivity index (χ3v) is 8.76. The summed E-state index contributed by atoms with van der Waals surface area (Å²) in [6, 6.07) is 13.1. The average Bonchev–Trinajstić information content (AvgIpc) is 3.46. The Hall–Kier alpha value is -4.05. The summed E-state index contributed by atoms with van der Waals surface area (Å²) in [7, 11) is -2.08. The molecule has 1 aliphatic rings. The Labute approximate surface area is 215 Å². The van der Waals surface area contributed by atoms with E-state index in [4.69, 9.17) is 5.73 Å². The van der Waals surface area contributed by atoms with Crippen LogP contribution in [0.5, 0.6) is 0 Å². The molecule has 0 spiro atoms. The van der Waals surface area contributed by atoms with Gasteiger partial charge < -0.3 is 10.6 Å². The minimum absolute atomic E-state index is 0.00527. The van der Waals surface area contributed by atoms with Gasteiger partial charge in [0.05, 0.1) is 16.6 Å². The van der Waals surface area contributed by atoms with Crippen LogP contribution in [0.3, 0.4) is 0 Å². The molecule has 9 nitrogen and oxygen atoms in total. The number of rotatable bonds is 7. The van der Waals surface area contributed by atoms with Gasteiger partial charge in [-0.15, -0.1) is 0 Å². The molecule has 10 heteroatoms. The van der Waals surface area contributed by atoms with Crippen LogP contribution < -0.4 is 5.73 Å². The summed E-state index contributed by atoms with van der Waals surface area (Å²) in [5.74, 6) is -0.918. The number of nitrogens with zero attached hydrogens (tertiary/aromatic N) is 4. The summed E-state index contributed by atoms with van der Waals surface area (Å²) in [5.41, 5.74) is 7.46. The maximum absolute atomic E-state index is 13.3. The molecular weight excluding hydrogens is 490 g/mol. The van der Waals surface area contributed by atoms with Crippen molar-refractivity contribution in [2.75, 3.05) is 7.05 Å². The van der Waals surface area contributed by atoms with Gasteiger partial charge in [0.1, 0.15) is 5.69 Å². The monoisotopic (exact) mass is 517 g/mol. The first-order valence-electron chi connectivity index (χ1n) is 11.9. The lowest BCUT2D eigenvalue weighted by Gasteiger charge is -2.19. The second-order valence-corrected chi connectivity index (χ2v) is 11.4. The van der Waals surface area contributed by atoms with Crippen LogP contribution in [0.4, 0.5) is 0 Å². The number of carbonyl (C=O) groups excluding carboxylic acids is 2. The van der Waals surface area contributed by atoms with Gasteiger partial charge in [-0.2, -0.15) is 0 Å². The van der Waals surface area contributed by atoms with Gasteiger partial charge in [-0.3, -0.25) is 14.6 Å². The molecule has 1 fully saturated rings. The summed E-state index contributed by atoms with van der Waals surface area (Å²) in [4.78, 5) is 35.8. The molecule has 190 valence electrons. The molecule has 1 aliphatic carbocycles. The van der Waals surface area contributed by atoms with E-state index in [1.807, 2.05) is 6.92 Å². The lowest BCUT2D eigenvalue weighted by atomic mass is 9.94. The van der Waals surface area contributed by atoms with Crippen LogP contribution in [0, 0.1) is 5.92 Å². The summed E-state index contributed by atoms with van der Waals surface area (Å²) >= 11 is 0. The standard InChI is InChI=1S/C27H27N5O4S/c1-16-11-24(16)31(3)27(34)18-12-22(30-23(13-18)26(28)33)17(2)21-14-29-15-25-20(21)9-10-32(25)37(35,36)19-7-5-4-6-8-19/h4-10,12-17,24H,11H2,1-3H3,(H2,28,33)/t16-,17?,24-/m0/s1. The molecule has 37 heavy (non-hydrogen) atoms. The largest absolute Gasteiger partial charge is 0.364 e. The summed E-state index contributed by atoms with van der Waals surface area (Å²) in [6.45, 7) is 3.95. The van der Waals surface area contributed by atoms with Crippen LogP contribution in [0.15, 0.2) is 72.0 Å². The number of primary amides is 1. The quantitative estimate of drug-likeness (QED) is 0.400. The van der Waals surface area contributed by atoms with E-state index < -0.39 is 21.8 Å². The van der Waals surface area contributed by atoms with Crippen molar-refractivity contribution in [2.45, 2.75) is 37.1 Å². The van der Waals surface area contributed by atoms with Gasteiger partial charge in [0.2, 0.25) is 0 Å². The molecule has 3 aromatic heterocycles. The van der Waals surface area contributed by atoms with Crippen LogP contribution in [0.25, 0.3) is 10.9 Å². The molecule has 1 unspecified atom stereocenters. The predicted molar refractivity (Wildman–Crippen MR) is 139 cm³/mol. The van der Waals surface area contributed by atoms with Crippen molar-refractivity contribution in [1.29, 1.82) is 0 Å². The van der Waals surface area contributed by atoms with Gasteiger partial charge in [0.25, 0.3) is 21.8 Å². The minimum Gasteiger partial charge on any atom is -0.364 e. The van der Waals surface area contributed by atoms with E-state index in [0.29, 0.717) is 33.6 Å². The molecule has 0 bridgehead atoms. The second kappa shape index (κ2) is 9.11. The second-order valence-electron chi connectivity index (χ2n) is 9.54. The minimum atomic E-state index is -3.83. The summed E-state index contributed by atoms with van der Waals surface area (Å²) < 4.78 is 27.8. The molecule has 0 aliphatic heterocycles. The molecule has 0 saturated heterocycles. The smallest absolute Gasteiger partial charge is 0.268 e. The zero-order chi connectivity index (χ0) is 26.5. The van der Waals surface area contributed by atoms with E-state index in [1.54, 1.807) is 48.5 Å². The van der Waals surface area contributed by atoms with Crippen LogP contribution in [-0.4, -0.2) is 52.2 Å². The highest BCUT2D eigenvalue weighted by molar-refractivity contribution is 7.90. The lowest BCUT2D eigenvalue weighted by molar-refractivity contribution is 0.0778. The molecule has 3 atom stereocenters. The average molecular weight is 518 g/mol. The van der Waals surface area contributed by atoms with Crippen molar-refractivity contribution in [3.63, 3.8) is 0 Å². The normalized spacial score (nSPS) is 17.9. The number of nitrogens with two attached hydrogens (primary N) is 1. The van der Waals surface area contributed by atoms with Crippen molar-refractivity contribution in [1.82, 2.24) is 18.8 Å². The topological polar surface area (TPSA) is 128 Å². The maximum atomic E-state index is 13.3. The van der Waals surface area contributed by atoms with E-state index >= 15 is 0 Å². The van der Waals surface area contributed by atoms with E-state index in [-0.39, 0.29) is 22.5 Å². The van der Waals surface area contributed by atoms with E-state index in [9.17, 15) is 18.0 Å². The van der Waals surface area contributed by atoms with Gasteiger partial charge >= 0.3 is 0 Å². The molecular formula is C27H27N5O4S. The Balaban J connectivity index is 1.57. The fraction of sp³-hybridized carbons (Fsp3) is 0.259. The lowest BCUT2D eigenvalue weighted by Crippen LogP contribution is -2.30. The number of aromatic nitrogens is 3. The van der Waals surface area contributed by atoms with Crippen LogP contribution in [-0.2, 0) is 10.0 Å². The highest BCUT2D eigenvalue weighted by atomic mass is 32.2. The Morgan fingerprint density at radius 1 is 1.14 bits per heavy atom. The Kier molecular flexibility index (Phi) is 6.07. The maximum Gasteiger partial charge on any atom is 0.268 e. The van der Waals surface area contributed by atoms with E-state index in [2.05, 4.69) is 16.9 Å². The molecule has 1 saturated carbocycles. The van der Waals surface area contributed by atoms with Gasteiger partial charge in [0.15, 0.2) is 0 Å². The summed E-state index contributed by atoms with van der Waals surface area (Å²) in [6.07, 6.45) is 5.58. The molecule has 5 rings (SSSR count). The first-order valence-corrected chi connectivity index (χ1v) is 13.4. The van der Waals surface area contributed by atoms with Gasteiger partial charge in [-0.05, 0) is 48.2 Å². The molecule has 2 N–H and O–H groups in total. The van der Waals surface area contributed by atoms with Gasteiger partial charge in [-0.25, -0.2) is 17.4 Å². The number of benzene rings is 1. The number of amides is 2. The SMILES string of the molecule is CC(c1cc(C(=O)N(C)[C@H]2C[C@@H]2C)cc(C(N)=O)n1)c1cncc2c1ccn2S(=O)(=O)c1ccccc1. The van der Waals surface area contributed by atoms with Gasteiger partial charge in [0, 0.05) is 48.0 Å². The molecule has 4 aromatic rings. The molecule has 2 amide bonds. The number of carbonyl (C=O) groups is 2. The van der Waals surface area contributed by atoms with Crippen molar-refractivity contribution < 1.29 is 18.0 Å². The summed E-state index contributed by atoms with van der Waals surface area (Å²) in [5, 5.41) is 0.671. The van der Waals surface area contributed by atoms with Crippen LogP contribution in [0.2, 0.25) is 0 Å². The molecule has 1 aromatic carbocycles. The predicted octanol–water partition coefficient (Wildman–Crippen LogP) is 3.40. The van der Waals surface area contributed by atoms with Crippen LogP contribution >= 0.6 is 0 Å². The first kappa shape index (κ1) is 24.6. The fourth-order valence-electron chi connectivity index (χ4n) is 4.69. The fourth-order valence-corrected chi connectivity index (χ4v) is 6.05. The Bertz CT molecular complexity index is 1630. The van der Waals surface area contributed by atoms with E-state index in [0.717, 1.165) is 6.42 Å². The van der Waals surface area contributed by atoms with Crippen molar-refractivity contribution in [2.24, 2.45) is 11.7 Å². The zero-order valence-corrected chi connectivity index (χ0v) is 21.5. The van der Waals surface area contributed by atoms with Crippen molar-refractivity contribution in [3.05, 3.63) is 89.6 Å². The highest BCUT2D eigenvalue weighted by Gasteiger charge is 2.39.